The van der Waals surface area contributed by atoms with Crippen molar-refractivity contribution in [3.63, 3.8) is 0 Å². The molecule has 0 aromatic heterocycles. The number of ether oxygens (including phenoxy) is 1. The van der Waals surface area contributed by atoms with Gasteiger partial charge in [-0.3, -0.25) is 9.59 Å². The zero-order valence-electron chi connectivity index (χ0n) is 12.0. The first-order valence-corrected chi connectivity index (χ1v) is 6.98. The Bertz CT molecular complexity index is 560. The molecule has 7 heteroatoms. The standard InChI is InChI=1S/C14H17BrFNO4/c1-14(2,7-12(19)20)6-11(18)17-10-5-8(16)4-9(15)13(10)21-3/h4-5H,6-7H2,1-3H3,(H,17,18)(H,19,20). The molecular weight excluding hydrogens is 345 g/mol. The number of hydrogen-bond acceptors (Lipinski definition) is 3. The molecule has 0 saturated heterocycles. The number of methoxy groups -OCH3 is 1. The van der Waals surface area contributed by atoms with Crippen molar-refractivity contribution in [1.82, 2.24) is 0 Å². The number of halogens is 2. The molecule has 116 valence electrons. The molecule has 0 unspecified atom stereocenters. The number of benzene rings is 1. The smallest absolute Gasteiger partial charge is 0.303 e. The number of amides is 1. The van der Waals surface area contributed by atoms with Crippen molar-refractivity contribution in [2.75, 3.05) is 12.4 Å². The highest BCUT2D eigenvalue weighted by molar-refractivity contribution is 9.10. The van der Waals surface area contributed by atoms with Crippen molar-refractivity contribution in [3.05, 3.63) is 22.4 Å². The second kappa shape index (κ2) is 6.89. The third-order valence-electron chi connectivity index (χ3n) is 2.76. The molecule has 0 spiro atoms. The number of nitrogens with one attached hydrogen (secondary N) is 1. The SMILES string of the molecule is COc1c(Br)cc(F)cc1NC(=O)CC(C)(C)CC(=O)O. The van der Waals surface area contributed by atoms with E-state index in [9.17, 15) is 14.0 Å². The van der Waals surface area contributed by atoms with Gasteiger partial charge in [0.05, 0.1) is 23.7 Å². The average Bonchev–Trinajstić information content (AvgIpc) is 2.24. The van der Waals surface area contributed by atoms with E-state index in [1.165, 1.54) is 13.2 Å². The van der Waals surface area contributed by atoms with Gasteiger partial charge in [-0.1, -0.05) is 13.8 Å². The third-order valence-corrected chi connectivity index (χ3v) is 3.34. The van der Waals surface area contributed by atoms with Gasteiger partial charge in [0.1, 0.15) is 5.82 Å². The molecule has 2 N–H and O–H groups in total. The second-order valence-electron chi connectivity index (χ2n) is 5.43. The third kappa shape index (κ3) is 5.34. The fourth-order valence-electron chi connectivity index (χ4n) is 1.96. The van der Waals surface area contributed by atoms with E-state index in [1.54, 1.807) is 13.8 Å². The first-order valence-electron chi connectivity index (χ1n) is 6.19. The van der Waals surface area contributed by atoms with Crippen molar-refractivity contribution < 1.29 is 23.8 Å². The fourth-order valence-corrected chi connectivity index (χ4v) is 2.56. The number of rotatable bonds is 6. The first-order chi connectivity index (χ1) is 9.64. The van der Waals surface area contributed by atoms with Crippen LogP contribution in [0.2, 0.25) is 0 Å². The van der Waals surface area contributed by atoms with Crippen LogP contribution in [-0.2, 0) is 9.59 Å². The summed E-state index contributed by atoms with van der Waals surface area (Å²) in [5, 5.41) is 11.3. The van der Waals surface area contributed by atoms with Crippen LogP contribution in [0.3, 0.4) is 0 Å². The Balaban J connectivity index is 2.86. The molecule has 0 heterocycles. The monoisotopic (exact) mass is 361 g/mol. The van der Waals surface area contributed by atoms with Crippen LogP contribution in [-0.4, -0.2) is 24.1 Å². The molecule has 0 atom stereocenters. The molecule has 0 aliphatic rings. The minimum atomic E-state index is -0.973. The molecule has 1 rings (SSSR count). The summed E-state index contributed by atoms with van der Waals surface area (Å²) in [6.45, 7) is 3.36. The van der Waals surface area contributed by atoms with Gasteiger partial charge in [-0.05, 0) is 27.4 Å². The lowest BCUT2D eigenvalue weighted by atomic mass is 9.85. The molecule has 0 radical (unpaired) electrons. The molecule has 0 aliphatic heterocycles. The number of aliphatic carboxylic acids is 1. The van der Waals surface area contributed by atoms with E-state index in [0.29, 0.717) is 10.2 Å². The molecule has 1 aromatic carbocycles. The molecule has 21 heavy (non-hydrogen) atoms. The normalized spacial score (nSPS) is 11.1. The van der Waals surface area contributed by atoms with Crippen LogP contribution in [0.15, 0.2) is 16.6 Å². The van der Waals surface area contributed by atoms with E-state index >= 15 is 0 Å². The van der Waals surface area contributed by atoms with Gasteiger partial charge in [0.2, 0.25) is 5.91 Å². The quantitative estimate of drug-likeness (QED) is 0.813. The van der Waals surface area contributed by atoms with Crippen molar-refractivity contribution in [2.24, 2.45) is 5.41 Å². The zero-order valence-corrected chi connectivity index (χ0v) is 13.6. The summed E-state index contributed by atoms with van der Waals surface area (Å²) in [7, 11) is 1.40. The van der Waals surface area contributed by atoms with Crippen molar-refractivity contribution in [1.29, 1.82) is 0 Å². The van der Waals surface area contributed by atoms with E-state index in [-0.39, 0.29) is 18.5 Å². The summed E-state index contributed by atoms with van der Waals surface area (Å²) in [5.41, 5.74) is -0.506. The van der Waals surface area contributed by atoms with Gasteiger partial charge in [-0.2, -0.15) is 0 Å². The van der Waals surface area contributed by atoms with E-state index in [4.69, 9.17) is 9.84 Å². The molecular formula is C14H17BrFNO4. The van der Waals surface area contributed by atoms with E-state index < -0.39 is 23.1 Å². The van der Waals surface area contributed by atoms with Crippen LogP contribution in [0.4, 0.5) is 10.1 Å². The number of carboxylic acids is 1. The van der Waals surface area contributed by atoms with Crippen molar-refractivity contribution in [2.45, 2.75) is 26.7 Å². The summed E-state index contributed by atoms with van der Waals surface area (Å²) in [4.78, 5) is 22.7. The van der Waals surface area contributed by atoms with Gasteiger partial charge in [-0.15, -0.1) is 0 Å². The van der Waals surface area contributed by atoms with E-state index in [2.05, 4.69) is 21.2 Å². The average molecular weight is 362 g/mol. The van der Waals surface area contributed by atoms with Crippen LogP contribution in [0.5, 0.6) is 5.75 Å². The number of hydrogen-bond donors (Lipinski definition) is 2. The molecule has 0 bridgehead atoms. The Morgan fingerprint density at radius 3 is 2.52 bits per heavy atom. The summed E-state index contributed by atoms with van der Waals surface area (Å²) in [6, 6.07) is 2.37. The lowest BCUT2D eigenvalue weighted by molar-refractivity contribution is -0.139. The zero-order chi connectivity index (χ0) is 16.2. The molecule has 5 nitrogen and oxygen atoms in total. The number of carbonyl (C=O) groups is 2. The van der Waals surface area contributed by atoms with Crippen LogP contribution in [0, 0.1) is 11.2 Å². The Morgan fingerprint density at radius 1 is 1.38 bits per heavy atom. The number of carboxylic acid groups (broad SMARTS) is 1. The minimum absolute atomic E-state index is 0.00339. The van der Waals surface area contributed by atoms with E-state index in [0.717, 1.165) is 6.07 Å². The highest BCUT2D eigenvalue weighted by atomic mass is 79.9. The van der Waals surface area contributed by atoms with Gasteiger partial charge >= 0.3 is 5.97 Å². The van der Waals surface area contributed by atoms with Crippen molar-refractivity contribution >= 4 is 33.5 Å². The molecule has 1 amide bonds. The van der Waals surface area contributed by atoms with Crippen LogP contribution >= 0.6 is 15.9 Å². The van der Waals surface area contributed by atoms with Gasteiger partial charge < -0.3 is 15.2 Å². The Kier molecular flexibility index (Phi) is 5.71. The highest BCUT2D eigenvalue weighted by Crippen LogP contribution is 2.35. The number of anilines is 1. The fraction of sp³-hybridized carbons (Fsp3) is 0.429. The summed E-state index contributed by atoms with van der Waals surface area (Å²) in [6.07, 6.45) is -0.138. The Morgan fingerprint density at radius 2 is 2.00 bits per heavy atom. The number of carbonyl (C=O) groups excluding carboxylic acids is 1. The Labute approximate surface area is 130 Å². The van der Waals surface area contributed by atoms with Gasteiger partial charge in [-0.25, -0.2) is 4.39 Å². The van der Waals surface area contributed by atoms with E-state index in [1.807, 2.05) is 0 Å². The summed E-state index contributed by atoms with van der Waals surface area (Å²) in [5.74, 6) is -1.60. The summed E-state index contributed by atoms with van der Waals surface area (Å²) >= 11 is 3.15. The minimum Gasteiger partial charge on any atom is -0.493 e. The van der Waals surface area contributed by atoms with Crippen LogP contribution in [0.25, 0.3) is 0 Å². The van der Waals surface area contributed by atoms with Gasteiger partial charge in [0.15, 0.2) is 5.75 Å². The van der Waals surface area contributed by atoms with Crippen LogP contribution in [0.1, 0.15) is 26.7 Å². The molecule has 0 fully saturated rings. The predicted molar refractivity (Wildman–Crippen MR) is 79.9 cm³/mol. The second-order valence-corrected chi connectivity index (χ2v) is 6.28. The van der Waals surface area contributed by atoms with Crippen LogP contribution < -0.4 is 10.1 Å². The molecule has 1 aromatic rings. The largest absolute Gasteiger partial charge is 0.493 e. The lowest BCUT2D eigenvalue weighted by Crippen LogP contribution is -2.25. The maximum Gasteiger partial charge on any atom is 0.303 e. The predicted octanol–water partition coefficient (Wildman–Crippen LogP) is 3.43. The topological polar surface area (TPSA) is 75.6 Å². The Hall–Kier alpha value is -1.63. The van der Waals surface area contributed by atoms with Gasteiger partial charge in [0.25, 0.3) is 0 Å². The van der Waals surface area contributed by atoms with Gasteiger partial charge in [0, 0.05) is 12.5 Å². The maximum atomic E-state index is 13.4. The van der Waals surface area contributed by atoms with Crippen molar-refractivity contribution in [3.8, 4) is 5.75 Å². The summed E-state index contributed by atoms with van der Waals surface area (Å²) < 4.78 is 18.9. The highest BCUT2D eigenvalue weighted by Gasteiger charge is 2.26. The lowest BCUT2D eigenvalue weighted by Gasteiger charge is -2.22. The maximum absolute atomic E-state index is 13.4. The molecule has 0 saturated carbocycles. The molecule has 0 aliphatic carbocycles. The first kappa shape index (κ1) is 17.4.